The lowest BCUT2D eigenvalue weighted by Gasteiger charge is -2.22. The van der Waals surface area contributed by atoms with Crippen LogP contribution in [0.5, 0.6) is 0 Å². The molecule has 4 amide bonds. The van der Waals surface area contributed by atoms with E-state index in [0.717, 1.165) is 12.8 Å². The Hall–Kier alpha value is -1.59. The van der Waals surface area contributed by atoms with E-state index in [1.807, 2.05) is 0 Å². The number of hydrogen-bond donors (Lipinski definition) is 2. The van der Waals surface area contributed by atoms with E-state index in [1.165, 1.54) is 0 Å². The molecule has 112 valence electrons. The van der Waals surface area contributed by atoms with Crippen molar-refractivity contribution in [1.82, 2.24) is 15.5 Å². The van der Waals surface area contributed by atoms with Crippen molar-refractivity contribution in [2.24, 2.45) is 5.41 Å². The van der Waals surface area contributed by atoms with E-state index in [1.54, 1.807) is 4.90 Å². The minimum Gasteiger partial charge on any atom is -0.340 e. The van der Waals surface area contributed by atoms with Crippen molar-refractivity contribution in [3.63, 3.8) is 0 Å². The van der Waals surface area contributed by atoms with Gasteiger partial charge in [-0.3, -0.25) is 14.9 Å². The lowest BCUT2D eigenvalue weighted by Crippen LogP contribution is -2.49. The molecule has 0 unspecified atom stereocenters. The molecule has 2 saturated heterocycles. The van der Waals surface area contributed by atoms with Crippen LogP contribution in [0.3, 0.4) is 0 Å². The van der Waals surface area contributed by atoms with Crippen LogP contribution in [0.2, 0.25) is 0 Å². The molecule has 2 heterocycles. The number of imide groups is 1. The molecule has 20 heavy (non-hydrogen) atoms. The monoisotopic (exact) mass is 281 g/mol. The molecule has 0 aliphatic carbocycles. The summed E-state index contributed by atoms with van der Waals surface area (Å²) in [4.78, 5) is 36.8. The molecular weight excluding hydrogens is 258 g/mol. The van der Waals surface area contributed by atoms with Crippen LogP contribution in [-0.2, 0) is 9.59 Å². The highest BCUT2D eigenvalue weighted by molar-refractivity contribution is 6.07. The first-order valence-corrected chi connectivity index (χ1v) is 7.13. The van der Waals surface area contributed by atoms with E-state index in [-0.39, 0.29) is 17.2 Å². The van der Waals surface area contributed by atoms with E-state index in [0.29, 0.717) is 25.9 Å². The lowest BCUT2D eigenvalue weighted by atomic mass is 9.90. The fourth-order valence-corrected chi connectivity index (χ4v) is 2.77. The highest BCUT2D eigenvalue weighted by atomic mass is 16.2. The third-order valence-corrected chi connectivity index (χ3v) is 3.95. The van der Waals surface area contributed by atoms with E-state index in [4.69, 9.17) is 0 Å². The van der Waals surface area contributed by atoms with Gasteiger partial charge >= 0.3 is 6.03 Å². The maximum absolute atomic E-state index is 12.1. The highest BCUT2D eigenvalue weighted by Crippen LogP contribution is 2.26. The number of nitrogens with zero attached hydrogens (tertiary/aromatic N) is 1. The molecule has 0 radical (unpaired) electrons. The third-order valence-electron chi connectivity index (χ3n) is 3.95. The second kappa shape index (κ2) is 5.07. The van der Waals surface area contributed by atoms with Crippen LogP contribution < -0.4 is 10.6 Å². The summed E-state index contributed by atoms with van der Waals surface area (Å²) in [6.07, 6.45) is 2.85. The molecule has 2 rings (SSSR count). The maximum atomic E-state index is 12.1. The van der Waals surface area contributed by atoms with E-state index >= 15 is 0 Å². The van der Waals surface area contributed by atoms with Gasteiger partial charge in [-0.15, -0.1) is 0 Å². The fourth-order valence-electron chi connectivity index (χ4n) is 2.77. The Morgan fingerprint density at radius 2 is 2.05 bits per heavy atom. The van der Waals surface area contributed by atoms with Crippen molar-refractivity contribution in [1.29, 1.82) is 0 Å². The summed E-state index contributed by atoms with van der Waals surface area (Å²) < 4.78 is 0. The van der Waals surface area contributed by atoms with Gasteiger partial charge in [0.15, 0.2) is 0 Å². The molecule has 0 bridgehead atoms. The molecular formula is C14H23N3O3. The van der Waals surface area contributed by atoms with Crippen LogP contribution in [0.15, 0.2) is 0 Å². The van der Waals surface area contributed by atoms with Crippen molar-refractivity contribution in [3.05, 3.63) is 0 Å². The summed E-state index contributed by atoms with van der Waals surface area (Å²) in [6.45, 7) is 7.28. The number of carbonyl (C=O) groups excluding carboxylic acids is 3. The van der Waals surface area contributed by atoms with Crippen LogP contribution in [0.1, 0.15) is 46.5 Å². The van der Waals surface area contributed by atoms with Crippen LogP contribution in [0.4, 0.5) is 4.79 Å². The van der Waals surface area contributed by atoms with E-state index in [9.17, 15) is 14.4 Å². The lowest BCUT2D eigenvalue weighted by molar-refractivity contribution is -0.131. The number of urea groups is 1. The first-order chi connectivity index (χ1) is 9.22. The largest absolute Gasteiger partial charge is 0.340 e. The van der Waals surface area contributed by atoms with Gasteiger partial charge in [-0.2, -0.15) is 0 Å². The zero-order chi connectivity index (χ0) is 15.0. The van der Waals surface area contributed by atoms with Crippen molar-refractivity contribution in [2.45, 2.75) is 52.0 Å². The summed E-state index contributed by atoms with van der Waals surface area (Å²) in [6, 6.07) is -0.461. The summed E-state index contributed by atoms with van der Waals surface area (Å²) in [5, 5.41) is 4.90. The van der Waals surface area contributed by atoms with Crippen LogP contribution in [0.25, 0.3) is 0 Å². The molecule has 2 aliphatic heterocycles. The van der Waals surface area contributed by atoms with Gasteiger partial charge in [0.2, 0.25) is 5.91 Å². The molecule has 0 aromatic heterocycles. The first-order valence-electron chi connectivity index (χ1n) is 7.13. The molecule has 6 heteroatoms. The normalized spacial score (nSPS) is 26.1. The molecule has 2 fully saturated rings. The highest BCUT2D eigenvalue weighted by Gasteiger charge is 2.51. The standard InChI is InChI=1S/C14H23N3O3/c1-13(2,3)6-4-5-10(18)17-8-7-14(9-17)11(19)15-12(20)16-14/h4-9H2,1-3H3,(H2,15,16,19,20)/t14-/m0/s1. The van der Waals surface area contributed by atoms with Gasteiger partial charge in [0.1, 0.15) is 5.54 Å². The minimum absolute atomic E-state index is 0.0695. The van der Waals surface area contributed by atoms with Gasteiger partial charge in [-0.05, 0) is 24.7 Å². The third kappa shape index (κ3) is 3.11. The molecule has 0 aromatic rings. The van der Waals surface area contributed by atoms with Crippen LogP contribution in [-0.4, -0.2) is 41.4 Å². The smallest absolute Gasteiger partial charge is 0.322 e. The second-order valence-electron chi connectivity index (χ2n) is 6.97. The fraction of sp³-hybridized carbons (Fsp3) is 0.786. The van der Waals surface area contributed by atoms with Gasteiger partial charge in [0, 0.05) is 13.0 Å². The van der Waals surface area contributed by atoms with Crippen molar-refractivity contribution in [3.8, 4) is 0 Å². The van der Waals surface area contributed by atoms with Gasteiger partial charge in [0.05, 0.1) is 6.54 Å². The van der Waals surface area contributed by atoms with Crippen LogP contribution in [0, 0.1) is 5.41 Å². The Labute approximate surface area is 119 Å². The Kier molecular flexibility index (Phi) is 3.75. The average molecular weight is 281 g/mol. The van der Waals surface area contributed by atoms with Gasteiger partial charge in [-0.25, -0.2) is 4.79 Å². The Bertz CT molecular complexity index is 441. The summed E-state index contributed by atoms with van der Waals surface area (Å²) in [5.74, 6) is -0.243. The molecule has 1 atom stereocenters. The summed E-state index contributed by atoms with van der Waals surface area (Å²) in [5.41, 5.74) is -0.664. The van der Waals surface area contributed by atoms with Gasteiger partial charge < -0.3 is 10.2 Å². The summed E-state index contributed by atoms with van der Waals surface area (Å²) >= 11 is 0. The zero-order valence-electron chi connectivity index (χ0n) is 12.4. The van der Waals surface area contributed by atoms with Gasteiger partial charge in [0.25, 0.3) is 5.91 Å². The number of likely N-dealkylation sites (tertiary alicyclic amines) is 1. The molecule has 0 saturated carbocycles. The van der Waals surface area contributed by atoms with Crippen LogP contribution >= 0.6 is 0 Å². The minimum atomic E-state index is -0.892. The van der Waals surface area contributed by atoms with E-state index in [2.05, 4.69) is 31.4 Å². The maximum Gasteiger partial charge on any atom is 0.322 e. The number of nitrogens with one attached hydrogen (secondary N) is 2. The molecule has 2 aliphatic rings. The quantitative estimate of drug-likeness (QED) is 0.758. The van der Waals surface area contributed by atoms with Crippen molar-refractivity contribution >= 4 is 17.8 Å². The molecule has 1 spiro atoms. The SMILES string of the molecule is CC(C)(C)CCCC(=O)N1CC[C@@]2(C1)NC(=O)NC2=O. The first kappa shape index (κ1) is 14.8. The molecule has 2 N–H and O–H groups in total. The molecule has 6 nitrogen and oxygen atoms in total. The molecule has 0 aromatic carbocycles. The average Bonchev–Trinajstić information content (AvgIpc) is 2.83. The van der Waals surface area contributed by atoms with E-state index < -0.39 is 11.6 Å². The van der Waals surface area contributed by atoms with Crippen molar-refractivity contribution < 1.29 is 14.4 Å². The topological polar surface area (TPSA) is 78.5 Å². The van der Waals surface area contributed by atoms with Gasteiger partial charge in [-0.1, -0.05) is 20.8 Å². The zero-order valence-corrected chi connectivity index (χ0v) is 12.4. The number of rotatable bonds is 3. The Balaban J connectivity index is 1.85. The predicted molar refractivity (Wildman–Crippen MR) is 73.9 cm³/mol. The number of hydrogen-bond acceptors (Lipinski definition) is 3. The van der Waals surface area contributed by atoms with Crippen molar-refractivity contribution in [2.75, 3.05) is 13.1 Å². The summed E-state index contributed by atoms with van der Waals surface area (Å²) in [7, 11) is 0. The number of amides is 4. The Morgan fingerprint density at radius 3 is 2.60 bits per heavy atom. The Morgan fingerprint density at radius 1 is 1.35 bits per heavy atom. The predicted octanol–water partition coefficient (Wildman–Crippen LogP) is 1.01. The second-order valence-corrected chi connectivity index (χ2v) is 6.97. The number of carbonyl (C=O) groups is 3.